The predicted octanol–water partition coefficient (Wildman–Crippen LogP) is 3.69. The average molecular weight is 368 g/mol. The zero-order valence-electron chi connectivity index (χ0n) is 12.0. The van der Waals surface area contributed by atoms with Gasteiger partial charge in [0, 0.05) is 23.3 Å². The summed E-state index contributed by atoms with van der Waals surface area (Å²) in [5.74, 6) is -0.425. The maximum atomic E-state index is 12.6. The van der Waals surface area contributed by atoms with Gasteiger partial charge in [-0.25, -0.2) is 4.98 Å². The first kappa shape index (κ1) is 17.7. The van der Waals surface area contributed by atoms with Gasteiger partial charge in [-0.05, 0) is 42.8 Å². The number of rotatable bonds is 5. The molecular formula is C13H17BrF3N3O. The highest BCUT2D eigenvalue weighted by Gasteiger charge is 2.35. The van der Waals surface area contributed by atoms with Crippen LogP contribution in [-0.4, -0.2) is 41.1 Å². The number of hydrogen-bond donors (Lipinski definition) is 1. The molecule has 0 spiro atoms. The highest BCUT2D eigenvalue weighted by molar-refractivity contribution is 9.10. The molecule has 0 atom stereocenters. The maximum absolute atomic E-state index is 12.6. The van der Waals surface area contributed by atoms with E-state index in [1.54, 1.807) is 13.8 Å². The molecule has 0 radical (unpaired) electrons. The van der Waals surface area contributed by atoms with Gasteiger partial charge in [-0.2, -0.15) is 13.2 Å². The first-order valence-corrected chi connectivity index (χ1v) is 7.22. The van der Waals surface area contributed by atoms with Gasteiger partial charge in [0.25, 0.3) is 5.91 Å². The van der Waals surface area contributed by atoms with Gasteiger partial charge in [0.15, 0.2) is 0 Å². The summed E-state index contributed by atoms with van der Waals surface area (Å²) in [6.07, 6.45) is -2.96. The van der Waals surface area contributed by atoms with E-state index in [9.17, 15) is 18.0 Å². The number of nitrogens with one attached hydrogen (secondary N) is 1. The van der Waals surface area contributed by atoms with Gasteiger partial charge in [0.2, 0.25) is 0 Å². The Hall–Kier alpha value is -1.31. The van der Waals surface area contributed by atoms with E-state index in [0.717, 1.165) is 4.90 Å². The summed E-state index contributed by atoms with van der Waals surface area (Å²) in [6, 6.07) is 0.895. The number of hydrogen-bond acceptors (Lipinski definition) is 3. The molecule has 0 aliphatic heterocycles. The fourth-order valence-corrected chi connectivity index (χ4v) is 2.08. The molecule has 0 aliphatic rings. The van der Waals surface area contributed by atoms with Crippen LogP contribution in [0.2, 0.25) is 0 Å². The predicted molar refractivity (Wildman–Crippen MR) is 78.3 cm³/mol. The Morgan fingerprint density at radius 2 is 2.10 bits per heavy atom. The lowest BCUT2D eigenvalue weighted by Crippen LogP contribution is -2.43. The van der Waals surface area contributed by atoms with Crippen molar-refractivity contribution in [2.24, 2.45) is 0 Å². The van der Waals surface area contributed by atoms with E-state index < -0.39 is 24.7 Å². The van der Waals surface area contributed by atoms with Crippen LogP contribution in [0.5, 0.6) is 0 Å². The minimum absolute atomic E-state index is 0.115. The Labute approximate surface area is 129 Å². The van der Waals surface area contributed by atoms with Gasteiger partial charge in [0.05, 0.1) is 5.56 Å². The molecule has 0 bridgehead atoms. The molecule has 0 aromatic carbocycles. The number of aromatic nitrogens is 1. The Balaban J connectivity index is 3.17. The molecule has 1 rings (SSSR count). The SMILES string of the molecule is CCNc1ncc(Br)cc1C(=O)N(CC(F)(F)F)C(C)C. The molecule has 21 heavy (non-hydrogen) atoms. The Morgan fingerprint density at radius 1 is 1.48 bits per heavy atom. The molecule has 0 fully saturated rings. The van der Waals surface area contributed by atoms with Crippen molar-refractivity contribution in [3.8, 4) is 0 Å². The number of carbonyl (C=O) groups is 1. The van der Waals surface area contributed by atoms with Crippen molar-refractivity contribution >= 4 is 27.7 Å². The van der Waals surface area contributed by atoms with E-state index in [1.165, 1.54) is 12.3 Å². The van der Waals surface area contributed by atoms with Crippen LogP contribution in [0.25, 0.3) is 0 Å². The molecule has 1 heterocycles. The van der Waals surface area contributed by atoms with Crippen LogP contribution in [0.1, 0.15) is 31.1 Å². The number of carbonyl (C=O) groups excluding carboxylic acids is 1. The van der Waals surface area contributed by atoms with Crippen LogP contribution >= 0.6 is 15.9 Å². The van der Waals surface area contributed by atoms with Gasteiger partial charge in [-0.3, -0.25) is 4.79 Å². The first-order chi connectivity index (χ1) is 9.65. The molecule has 0 aliphatic carbocycles. The highest BCUT2D eigenvalue weighted by atomic mass is 79.9. The minimum atomic E-state index is -4.45. The summed E-state index contributed by atoms with van der Waals surface area (Å²) in [5.41, 5.74) is 0.115. The highest BCUT2D eigenvalue weighted by Crippen LogP contribution is 2.24. The second-order valence-corrected chi connectivity index (χ2v) is 5.64. The molecule has 1 aromatic rings. The van der Waals surface area contributed by atoms with Crippen molar-refractivity contribution in [3.05, 3.63) is 22.3 Å². The van der Waals surface area contributed by atoms with Crippen LogP contribution in [0.4, 0.5) is 19.0 Å². The lowest BCUT2D eigenvalue weighted by atomic mass is 10.2. The number of nitrogens with zero attached hydrogens (tertiary/aromatic N) is 2. The number of anilines is 1. The van der Waals surface area contributed by atoms with E-state index in [2.05, 4.69) is 26.2 Å². The second-order valence-electron chi connectivity index (χ2n) is 4.72. The van der Waals surface area contributed by atoms with Gasteiger partial charge in [-0.1, -0.05) is 0 Å². The molecular weight excluding hydrogens is 351 g/mol. The van der Waals surface area contributed by atoms with Crippen LogP contribution in [0, 0.1) is 0 Å². The van der Waals surface area contributed by atoms with Gasteiger partial charge >= 0.3 is 6.18 Å². The third-order valence-corrected chi connectivity index (χ3v) is 3.10. The van der Waals surface area contributed by atoms with Crippen molar-refractivity contribution in [3.63, 3.8) is 0 Å². The summed E-state index contributed by atoms with van der Waals surface area (Å²) < 4.78 is 38.4. The molecule has 118 valence electrons. The third kappa shape index (κ3) is 5.18. The normalized spacial score (nSPS) is 11.6. The Bertz CT molecular complexity index is 506. The van der Waals surface area contributed by atoms with Crippen molar-refractivity contribution in [1.82, 2.24) is 9.88 Å². The number of amides is 1. The second kappa shape index (κ2) is 7.11. The van der Waals surface area contributed by atoms with Crippen molar-refractivity contribution in [2.45, 2.75) is 33.0 Å². The van der Waals surface area contributed by atoms with Gasteiger partial charge < -0.3 is 10.2 Å². The lowest BCUT2D eigenvalue weighted by Gasteiger charge is -2.28. The van der Waals surface area contributed by atoms with Crippen LogP contribution in [-0.2, 0) is 0 Å². The molecule has 1 amide bonds. The summed E-state index contributed by atoms with van der Waals surface area (Å²) >= 11 is 3.18. The summed E-state index contributed by atoms with van der Waals surface area (Å²) in [7, 11) is 0. The monoisotopic (exact) mass is 367 g/mol. The number of pyridine rings is 1. The Morgan fingerprint density at radius 3 is 2.57 bits per heavy atom. The van der Waals surface area contributed by atoms with Crippen LogP contribution in [0.15, 0.2) is 16.7 Å². The minimum Gasteiger partial charge on any atom is -0.370 e. The van der Waals surface area contributed by atoms with E-state index in [0.29, 0.717) is 11.0 Å². The van der Waals surface area contributed by atoms with Crippen LogP contribution in [0.3, 0.4) is 0 Å². The van der Waals surface area contributed by atoms with Crippen molar-refractivity contribution in [1.29, 1.82) is 0 Å². The first-order valence-electron chi connectivity index (χ1n) is 6.42. The molecule has 1 N–H and O–H groups in total. The van der Waals surface area contributed by atoms with Gasteiger partial charge in [-0.15, -0.1) is 0 Å². The topological polar surface area (TPSA) is 45.2 Å². The van der Waals surface area contributed by atoms with Crippen molar-refractivity contribution in [2.75, 3.05) is 18.4 Å². The van der Waals surface area contributed by atoms with E-state index in [-0.39, 0.29) is 11.4 Å². The average Bonchev–Trinajstić information content (AvgIpc) is 2.36. The quantitative estimate of drug-likeness (QED) is 0.862. The largest absolute Gasteiger partial charge is 0.406 e. The van der Waals surface area contributed by atoms with E-state index >= 15 is 0 Å². The summed E-state index contributed by atoms with van der Waals surface area (Å²) in [6.45, 7) is 4.12. The fourth-order valence-electron chi connectivity index (χ4n) is 1.75. The molecule has 1 aromatic heterocycles. The molecule has 0 unspecified atom stereocenters. The smallest absolute Gasteiger partial charge is 0.370 e. The zero-order valence-corrected chi connectivity index (χ0v) is 13.5. The molecule has 4 nitrogen and oxygen atoms in total. The summed E-state index contributed by atoms with van der Waals surface area (Å²) in [4.78, 5) is 17.3. The Kier molecular flexibility index (Phi) is 6.00. The third-order valence-electron chi connectivity index (χ3n) is 2.66. The number of halogens is 4. The fraction of sp³-hybridized carbons (Fsp3) is 0.538. The lowest BCUT2D eigenvalue weighted by molar-refractivity contribution is -0.143. The molecule has 0 saturated carbocycles. The standard InChI is InChI=1S/C13H17BrF3N3O/c1-4-18-11-10(5-9(14)6-19-11)12(21)20(8(2)3)7-13(15,16)17/h5-6,8H,4,7H2,1-3H3,(H,18,19). The van der Waals surface area contributed by atoms with Gasteiger partial charge in [0.1, 0.15) is 12.4 Å². The zero-order chi connectivity index (χ0) is 16.2. The summed E-state index contributed by atoms with van der Waals surface area (Å²) in [5, 5.41) is 2.88. The van der Waals surface area contributed by atoms with Crippen molar-refractivity contribution < 1.29 is 18.0 Å². The molecule has 8 heteroatoms. The van der Waals surface area contributed by atoms with E-state index in [4.69, 9.17) is 0 Å². The molecule has 0 saturated heterocycles. The maximum Gasteiger partial charge on any atom is 0.406 e. The van der Waals surface area contributed by atoms with Crippen LogP contribution < -0.4 is 5.32 Å². The number of alkyl halides is 3. The van der Waals surface area contributed by atoms with E-state index in [1.807, 2.05) is 6.92 Å².